The lowest BCUT2D eigenvalue weighted by molar-refractivity contribution is -0.0602. The van der Waals surface area contributed by atoms with Crippen molar-refractivity contribution >= 4 is 6.09 Å². The molecule has 0 aliphatic carbocycles. The molecule has 4 nitrogen and oxygen atoms in total. The molecule has 0 bridgehead atoms. The van der Waals surface area contributed by atoms with E-state index in [0.717, 1.165) is 4.90 Å². The van der Waals surface area contributed by atoms with Gasteiger partial charge in [0.25, 0.3) is 0 Å². The molecule has 0 aliphatic rings. The number of carbonyl (C=O) groups is 1. The Kier molecular flexibility index (Phi) is 5.42. The van der Waals surface area contributed by atoms with Gasteiger partial charge in [-0.2, -0.15) is 0 Å². The van der Waals surface area contributed by atoms with Crippen LogP contribution in [0.1, 0.15) is 41.5 Å². The van der Waals surface area contributed by atoms with Crippen molar-refractivity contribution in [2.24, 2.45) is 0 Å². The molecule has 98 valence electrons. The van der Waals surface area contributed by atoms with E-state index in [2.05, 4.69) is 0 Å². The van der Waals surface area contributed by atoms with E-state index in [9.17, 15) is 9.90 Å². The minimum atomic E-state index is -1.31. The van der Waals surface area contributed by atoms with E-state index in [1.54, 1.807) is 32.9 Å². The van der Waals surface area contributed by atoms with Gasteiger partial charge in [0.1, 0.15) is 11.3 Å². The molecule has 0 unspecified atom stereocenters. The van der Waals surface area contributed by atoms with Gasteiger partial charge in [-0.05, 0) is 47.6 Å². The number of nitrogens with zero attached hydrogens (tertiary/aromatic N) is 1. The zero-order valence-corrected chi connectivity index (χ0v) is 11.5. The van der Waals surface area contributed by atoms with Crippen LogP contribution < -0.4 is 0 Å². The first-order valence-corrected chi connectivity index (χ1v) is 5.62. The third-order valence-corrected chi connectivity index (χ3v) is 1.72. The van der Waals surface area contributed by atoms with Crippen LogP contribution in [-0.4, -0.2) is 27.4 Å². The standard InChI is InChI=1S/C13H23NO3/c1-7-8-9-10-14(13(5,6)16)11(15)17-12(2,3)4/h7-10,16H,1-6H3/b8-7+,10-9+. The molecule has 0 saturated heterocycles. The summed E-state index contributed by atoms with van der Waals surface area (Å²) in [4.78, 5) is 13.0. The first-order chi connectivity index (χ1) is 7.58. The number of hydrogen-bond donors (Lipinski definition) is 1. The van der Waals surface area contributed by atoms with Crippen LogP contribution in [0.15, 0.2) is 24.4 Å². The van der Waals surface area contributed by atoms with Crippen molar-refractivity contribution < 1.29 is 14.6 Å². The zero-order valence-electron chi connectivity index (χ0n) is 11.5. The predicted molar refractivity (Wildman–Crippen MR) is 68.3 cm³/mol. The van der Waals surface area contributed by atoms with Crippen LogP contribution in [0.3, 0.4) is 0 Å². The Balaban J connectivity index is 4.88. The van der Waals surface area contributed by atoms with E-state index >= 15 is 0 Å². The summed E-state index contributed by atoms with van der Waals surface area (Å²) in [6.07, 6.45) is 6.18. The Morgan fingerprint density at radius 2 is 1.71 bits per heavy atom. The van der Waals surface area contributed by atoms with E-state index in [-0.39, 0.29) is 0 Å². The van der Waals surface area contributed by atoms with Gasteiger partial charge in [-0.25, -0.2) is 4.79 Å². The fraction of sp³-hybridized carbons (Fsp3) is 0.615. The normalized spacial score (nSPS) is 13.4. The summed E-state index contributed by atoms with van der Waals surface area (Å²) in [5, 5.41) is 9.89. The molecule has 0 saturated carbocycles. The number of rotatable bonds is 3. The molecule has 0 spiro atoms. The summed E-state index contributed by atoms with van der Waals surface area (Å²) in [5.41, 5.74) is -1.89. The molecule has 0 rings (SSSR count). The molecule has 17 heavy (non-hydrogen) atoms. The van der Waals surface area contributed by atoms with Gasteiger partial charge >= 0.3 is 6.09 Å². The highest BCUT2D eigenvalue weighted by molar-refractivity contribution is 5.70. The van der Waals surface area contributed by atoms with Crippen molar-refractivity contribution in [1.82, 2.24) is 4.90 Å². The van der Waals surface area contributed by atoms with Crippen LogP contribution in [0.4, 0.5) is 4.79 Å². The lowest BCUT2D eigenvalue weighted by Crippen LogP contribution is -2.46. The summed E-state index contributed by atoms with van der Waals surface area (Å²) in [5.74, 6) is 0. The van der Waals surface area contributed by atoms with Crippen LogP contribution in [0.5, 0.6) is 0 Å². The van der Waals surface area contributed by atoms with Crippen molar-refractivity contribution in [2.75, 3.05) is 0 Å². The number of amides is 1. The van der Waals surface area contributed by atoms with Gasteiger partial charge in [0.15, 0.2) is 0 Å². The Morgan fingerprint density at radius 3 is 2.06 bits per heavy atom. The number of aliphatic hydroxyl groups is 1. The molecule has 0 heterocycles. The van der Waals surface area contributed by atoms with Crippen molar-refractivity contribution in [3.8, 4) is 0 Å². The third-order valence-electron chi connectivity index (χ3n) is 1.72. The summed E-state index contributed by atoms with van der Waals surface area (Å²) in [6.45, 7) is 10.3. The minimum absolute atomic E-state index is 0.578. The molecular weight excluding hydrogens is 218 g/mol. The van der Waals surface area contributed by atoms with Crippen LogP contribution in [-0.2, 0) is 4.74 Å². The van der Waals surface area contributed by atoms with Crippen LogP contribution in [0.2, 0.25) is 0 Å². The van der Waals surface area contributed by atoms with E-state index in [4.69, 9.17) is 4.74 Å². The lowest BCUT2D eigenvalue weighted by Gasteiger charge is -2.32. The second-order valence-corrected chi connectivity index (χ2v) is 5.21. The van der Waals surface area contributed by atoms with Gasteiger partial charge in [0.2, 0.25) is 0 Å². The van der Waals surface area contributed by atoms with Gasteiger partial charge in [-0.15, -0.1) is 0 Å². The topological polar surface area (TPSA) is 49.8 Å². The Hall–Kier alpha value is -1.29. The van der Waals surface area contributed by atoms with E-state index < -0.39 is 17.4 Å². The average molecular weight is 241 g/mol. The van der Waals surface area contributed by atoms with E-state index in [1.165, 1.54) is 20.0 Å². The zero-order chi connectivity index (χ0) is 13.7. The van der Waals surface area contributed by atoms with Gasteiger partial charge in [-0.3, -0.25) is 4.90 Å². The Bertz CT molecular complexity index is 306. The Morgan fingerprint density at radius 1 is 1.18 bits per heavy atom. The fourth-order valence-corrected chi connectivity index (χ4v) is 1.02. The summed E-state index contributed by atoms with van der Waals surface area (Å²) in [7, 11) is 0. The molecule has 0 atom stereocenters. The molecule has 0 aliphatic heterocycles. The number of allylic oxidation sites excluding steroid dienone is 3. The molecule has 0 aromatic rings. The molecule has 0 fully saturated rings. The van der Waals surface area contributed by atoms with E-state index in [1.807, 2.05) is 13.0 Å². The first-order valence-electron chi connectivity index (χ1n) is 5.62. The van der Waals surface area contributed by atoms with Crippen LogP contribution in [0.25, 0.3) is 0 Å². The lowest BCUT2D eigenvalue weighted by atomic mass is 10.2. The van der Waals surface area contributed by atoms with Gasteiger partial charge in [0.05, 0.1) is 0 Å². The third kappa shape index (κ3) is 6.79. The predicted octanol–water partition coefficient (Wildman–Crippen LogP) is 3.04. The molecule has 1 N–H and O–H groups in total. The first kappa shape index (κ1) is 15.7. The quantitative estimate of drug-likeness (QED) is 0.610. The van der Waals surface area contributed by atoms with Gasteiger partial charge < -0.3 is 9.84 Å². The molecule has 0 radical (unpaired) electrons. The van der Waals surface area contributed by atoms with Crippen molar-refractivity contribution in [3.63, 3.8) is 0 Å². The van der Waals surface area contributed by atoms with Gasteiger partial charge in [-0.1, -0.05) is 12.2 Å². The average Bonchev–Trinajstić information content (AvgIpc) is 2.06. The molecule has 0 aromatic carbocycles. The van der Waals surface area contributed by atoms with E-state index in [0.29, 0.717) is 0 Å². The highest BCUT2D eigenvalue weighted by atomic mass is 16.6. The maximum absolute atomic E-state index is 11.9. The summed E-state index contributed by atoms with van der Waals surface area (Å²) < 4.78 is 5.21. The maximum atomic E-state index is 11.9. The SMILES string of the molecule is C/C=C/C=C/N(C(=O)OC(C)(C)C)C(C)(C)O. The fourth-order valence-electron chi connectivity index (χ4n) is 1.02. The Labute approximate surface area is 104 Å². The largest absolute Gasteiger partial charge is 0.443 e. The second kappa shape index (κ2) is 5.87. The minimum Gasteiger partial charge on any atom is -0.443 e. The van der Waals surface area contributed by atoms with Crippen LogP contribution >= 0.6 is 0 Å². The van der Waals surface area contributed by atoms with Crippen molar-refractivity contribution in [3.05, 3.63) is 24.4 Å². The second-order valence-electron chi connectivity index (χ2n) is 5.21. The molecule has 1 amide bonds. The maximum Gasteiger partial charge on any atom is 0.416 e. The monoisotopic (exact) mass is 241 g/mol. The van der Waals surface area contributed by atoms with Crippen molar-refractivity contribution in [1.29, 1.82) is 0 Å². The number of carbonyl (C=O) groups excluding carboxylic acids is 1. The molecule has 4 heteroatoms. The number of ether oxygens (including phenoxy) is 1. The smallest absolute Gasteiger partial charge is 0.416 e. The highest BCUT2D eigenvalue weighted by Crippen LogP contribution is 2.17. The van der Waals surface area contributed by atoms with Crippen LogP contribution in [0, 0.1) is 0 Å². The molecule has 0 aromatic heterocycles. The van der Waals surface area contributed by atoms with Crippen molar-refractivity contribution in [2.45, 2.75) is 52.9 Å². The summed E-state index contributed by atoms with van der Waals surface area (Å²) >= 11 is 0. The number of hydrogen-bond acceptors (Lipinski definition) is 3. The highest BCUT2D eigenvalue weighted by Gasteiger charge is 2.30. The summed E-state index contributed by atoms with van der Waals surface area (Å²) in [6, 6.07) is 0. The molecular formula is C13H23NO3. The van der Waals surface area contributed by atoms with Gasteiger partial charge in [0, 0.05) is 6.20 Å².